The van der Waals surface area contributed by atoms with Crippen molar-refractivity contribution in [1.82, 2.24) is 10.6 Å². The first-order valence-electron chi connectivity index (χ1n) is 8.20. The first-order valence-corrected chi connectivity index (χ1v) is 8.20. The maximum atomic E-state index is 5.40. The fourth-order valence-electron chi connectivity index (χ4n) is 3.56. The summed E-state index contributed by atoms with van der Waals surface area (Å²) >= 11 is 0. The Kier molecular flexibility index (Phi) is 6.11. The molecule has 0 spiro atoms. The molecule has 2 atom stereocenters. The number of methoxy groups -OCH3 is 1. The Bertz CT molecular complexity index is 245. The van der Waals surface area contributed by atoms with Gasteiger partial charge in [0.05, 0.1) is 6.61 Å². The summed E-state index contributed by atoms with van der Waals surface area (Å²) in [5.74, 6) is 0. The summed E-state index contributed by atoms with van der Waals surface area (Å²) in [7, 11) is 1.83. The summed E-state index contributed by atoms with van der Waals surface area (Å²) < 4.78 is 5.40. The molecule has 0 aromatic carbocycles. The van der Waals surface area contributed by atoms with E-state index in [4.69, 9.17) is 4.74 Å². The van der Waals surface area contributed by atoms with E-state index in [0.717, 1.165) is 19.2 Å². The van der Waals surface area contributed by atoms with Crippen molar-refractivity contribution in [2.24, 2.45) is 5.41 Å². The van der Waals surface area contributed by atoms with E-state index in [2.05, 4.69) is 17.6 Å². The van der Waals surface area contributed by atoms with E-state index in [1.165, 1.54) is 57.9 Å². The third-order valence-corrected chi connectivity index (χ3v) is 4.99. The van der Waals surface area contributed by atoms with Crippen LogP contribution in [0.4, 0.5) is 0 Å². The predicted molar refractivity (Wildman–Crippen MR) is 80.5 cm³/mol. The molecule has 112 valence electrons. The zero-order valence-electron chi connectivity index (χ0n) is 12.8. The molecule has 1 aliphatic heterocycles. The zero-order chi connectivity index (χ0) is 13.6. The van der Waals surface area contributed by atoms with Crippen LogP contribution >= 0.6 is 0 Å². The van der Waals surface area contributed by atoms with Crippen LogP contribution in [0.2, 0.25) is 0 Å². The van der Waals surface area contributed by atoms with Gasteiger partial charge in [-0.25, -0.2) is 0 Å². The lowest BCUT2D eigenvalue weighted by Gasteiger charge is -2.42. The Morgan fingerprint density at radius 3 is 2.79 bits per heavy atom. The average Bonchev–Trinajstić information content (AvgIpc) is 2.61. The Hall–Kier alpha value is -0.120. The van der Waals surface area contributed by atoms with Crippen LogP contribution in [-0.2, 0) is 4.74 Å². The van der Waals surface area contributed by atoms with Crippen LogP contribution in [0.15, 0.2) is 0 Å². The van der Waals surface area contributed by atoms with E-state index < -0.39 is 0 Å². The molecule has 0 aromatic rings. The third-order valence-electron chi connectivity index (χ3n) is 4.99. The van der Waals surface area contributed by atoms with Crippen molar-refractivity contribution in [3.8, 4) is 0 Å². The summed E-state index contributed by atoms with van der Waals surface area (Å²) in [5, 5.41) is 7.46. The first kappa shape index (κ1) is 15.3. The first-order chi connectivity index (χ1) is 9.24. The minimum Gasteiger partial charge on any atom is -0.384 e. The van der Waals surface area contributed by atoms with Crippen molar-refractivity contribution in [3.05, 3.63) is 0 Å². The quantitative estimate of drug-likeness (QED) is 0.745. The average molecular weight is 268 g/mol. The van der Waals surface area contributed by atoms with Gasteiger partial charge in [0.2, 0.25) is 0 Å². The Morgan fingerprint density at radius 2 is 2.11 bits per heavy atom. The molecule has 1 heterocycles. The molecule has 1 aliphatic carbocycles. The highest BCUT2D eigenvalue weighted by molar-refractivity contribution is 4.90. The highest BCUT2D eigenvalue weighted by Crippen LogP contribution is 2.40. The summed E-state index contributed by atoms with van der Waals surface area (Å²) in [6.45, 7) is 5.61. The van der Waals surface area contributed by atoms with E-state index in [1.807, 2.05) is 7.11 Å². The normalized spacial score (nSPS) is 28.4. The highest BCUT2D eigenvalue weighted by Gasteiger charge is 2.36. The Labute approximate surface area is 118 Å². The SMILES string of the molecule is COCC1(CNC(C)CC2CCCCCN2)CCC1. The lowest BCUT2D eigenvalue weighted by atomic mass is 9.69. The molecule has 1 saturated carbocycles. The molecule has 0 amide bonds. The standard InChI is InChI=1S/C16H32N2O/c1-14(11-15-7-4-3-5-10-17-15)18-12-16(13-19-2)8-6-9-16/h14-15,17-18H,3-13H2,1-2H3. The van der Waals surface area contributed by atoms with E-state index in [-0.39, 0.29) is 0 Å². The van der Waals surface area contributed by atoms with Crippen LogP contribution in [-0.4, -0.2) is 38.9 Å². The molecule has 0 bridgehead atoms. The van der Waals surface area contributed by atoms with E-state index in [1.54, 1.807) is 0 Å². The van der Waals surface area contributed by atoms with Crippen molar-refractivity contribution in [2.75, 3.05) is 26.8 Å². The van der Waals surface area contributed by atoms with Gasteiger partial charge in [0.25, 0.3) is 0 Å². The highest BCUT2D eigenvalue weighted by atomic mass is 16.5. The van der Waals surface area contributed by atoms with Gasteiger partial charge >= 0.3 is 0 Å². The second-order valence-corrected chi connectivity index (χ2v) is 6.80. The summed E-state index contributed by atoms with van der Waals surface area (Å²) in [6, 6.07) is 1.34. The van der Waals surface area contributed by atoms with Crippen LogP contribution < -0.4 is 10.6 Å². The third kappa shape index (κ3) is 4.73. The molecule has 3 nitrogen and oxygen atoms in total. The molecular weight excluding hydrogens is 236 g/mol. The van der Waals surface area contributed by atoms with E-state index in [9.17, 15) is 0 Å². The van der Waals surface area contributed by atoms with Gasteiger partial charge in [0, 0.05) is 31.2 Å². The second kappa shape index (κ2) is 7.61. The number of nitrogens with one attached hydrogen (secondary N) is 2. The minimum absolute atomic E-state index is 0.444. The van der Waals surface area contributed by atoms with Crippen LogP contribution in [0.3, 0.4) is 0 Å². The fourth-order valence-corrected chi connectivity index (χ4v) is 3.56. The molecule has 0 radical (unpaired) electrons. The minimum atomic E-state index is 0.444. The van der Waals surface area contributed by atoms with Gasteiger partial charge in [-0.3, -0.25) is 0 Å². The molecule has 2 N–H and O–H groups in total. The van der Waals surface area contributed by atoms with Crippen LogP contribution in [0.5, 0.6) is 0 Å². The van der Waals surface area contributed by atoms with Gasteiger partial charge in [-0.2, -0.15) is 0 Å². The topological polar surface area (TPSA) is 33.3 Å². The summed E-state index contributed by atoms with van der Waals surface area (Å²) in [5.41, 5.74) is 0.444. The van der Waals surface area contributed by atoms with Gasteiger partial charge in [-0.1, -0.05) is 19.3 Å². The lowest BCUT2D eigenvalue weighted by molar-refractivity contribution is 0.0159. The van der Waals surface area contributed by atoms with Crippen LogP contribution in [0, 0.1) is 5.41 Å². The van der Waals surface area contributed by atoms with Crippen molar-refractivity contribution < 1.29 is 4.74 Å². The van der Waals surface area contributed by atoms with Gasteiger partial charge in [0.15, 0.2) is 0 Å². The molecule has 0 aromatic heterocycles. The summed E-state index contributed by atoms with van der Waals surface area (Å²) in [4.78, 5) is 0. The molecule has 2 aliphatic rings. The van der Waals surface area contributed by atoms with Crippen molar-refractivity contribution >= 4 is 0 Å². The number of rotatable bonds is 7. The van der Waals surface area contributed by atoms with Crippen molar-refractivity contribution in [1.29, 1.82) is 0 Å². The maximum Gasteiger partial charge on any atom is 0.0530 e. The fraction of sp³-hybridized carbons (Fsp3) is 1.00. The molecule has 2 fully saturated rings. The molecule has 19 heavy (non-hydrogen) atoms. The summed E-state index contributed by atoms with van der Waals surface area (Å²) in [6.07, 6.45) is 10.8. The van der Waals surface area contributed by atoms with Crippen molar-refractivity contribution in [2.45, 2.75) is 70.4 Å². The van der Waals surface area contributed by atoms with Gasteiger partial charge in [0.1, 0.15) is 0 Å². The predicted octanol–water partition coefficient (Wildman–Crippen LogP) is 2.70. The molecule has 1 saturated heterocycles. The number of hydrogen-bond donors (Lipinski definition) is 2. The van der Waals surface area contributed by atoms with E-state index in [0.29, 0.717) is 11.5 Å². The molecular formula is C16H32N2O. The maximum absolute atomic E-state index is 5.40. The number of hydrogen-bond acceptors (Lipinski definition) is 3. The lowest BCUT2D eigenvalue weighted by Crippen LogP contribution is -2.47. The Morgan fingerprint density at radius 1 is 1.26 bits per heavy atom. The smallest absolute Gasteiger partial charge is 0.0530 e. The van der Waals surface area contributed by atoms with Gasteiger partial charge in [-0.05, 0) is 45.6 Å². The van der Waals surface area contributed by atoms with Crippen molar-refractivity contribution in [3.63, 3.8) is 0 Å². The zero-order valence-corrected chi connectivity index (χ0v) is 12.8. The second-order valence-electron chi connectivity index (χ2n) is 6.80. The number of ether oxygens (including phenoxy) is 1. The largest absolute Gasteiger partial charge is 0.384 e. The van der Waals surface area contributed by atoms with Crippen LogP contribution in [0.25, 0.3) is 0 Å². The molecule has 2 unspecified atom stereocenters. The van der Waals surface area contributed by atoms with Gasteiger partial charge < -0.3 is 15.4 Å². The van der Waals surface area contributed by atoms with Crippen LogP contribution in [0.1, 0.15) is 58.3 Å². The molecule has 2 rings (SSSR count). The van der Waals surface area contributed by atoms with E-state index >= 15 is 0 Å². The van der Waals surface area contributed by atoms with Gasteiger partial charge in [-0.15, -0.1) is 0 Å². The Balaban J connectivity index is 1.67. The molecule has 3 heteroatoms. The monoisotopic (exact) mass is 268 g/mol.